The molecule has 5 aromatic heterocycles. The number of halogens is 1. The van der Waals surface area contributed by atoms with Crippen LogP contribution in [0.15, 0.2) is 61.1 Å². The monoisotopic (exact) mass is 508 g/mol. The topological polar surface area (TPSA) is 134 Å². The van der Waals surface area contributed by atoms with E-state index in [4.69, 9.17) is 14.7 Å². The van der Waals surface area contributed by atoms with Crippen molar-refractivity contribution in [3.05, 3.63) is 66.9 Å². The summed E-state index contributed by atoms with van der Waals surface area (Å²) in [5.74, 6) is 0.354. The molecule has 0 saturated carbocycles. The molecule has 0 aliphatic carbocycles. The number of fused-ring (bicyclic) bond motifs is 2. The second-order valence-corrected chi connectivity index (χ2v) is 8.55. The van der Waals surface area contributed by atoms with E-state index in [0.29, 0.717) is 62.9 Å². The summed E-state index contributed by atoms with van der Waals surface area (Å²) in [4.78, 5) is 33.2. The van der Waals surface area contributed by atoms with E-state index in [1.54, 1.807) is 37.6 Å². The van der Waals surface area contributed by atoms with Crippen LogP contribution in [0.2, 0.25) is 0 Å². The zero-order valence-corrected chi connectivity index (χ0v) is 20.4. The molecule has 38 heavy (non-hydrogen) atoms. The molecule has 0 aliphatic rings. The number of aromatic nitrogens is 7. The van der Waals surface area contributed by atoms with Crippen molar-refractivity contribution < 1.29 is 13.9 Å². The predicted octanol–water partition coefficient (Wildman–Crippen LogP) is 5.12. The number of carbonyl (C=O) groups excluding carboxylic acids is 1. The van der Waals surface area contributed by atoms with Gasteiger partial charge in [-0.1, -0.05) is 6.92 Å². The molecular formula is C27H21FN8O2. The van der Waals surface area contributed by atoms with Crippen molar-refractivity contribution in [1.82, 2.24) is 35.1 Å². The van der Waals surface area contributed by atoms with E-state index in [-0.39, 0.29) is 5.91 Å². The van der Waals surface area contributed by atoms with Gasteiger partial charge in [0.1, 0.15) is 22.6 Å². The number of rotatable bonds is 6. The first-order valence-corrected chi connectivity index (χ1v) is 11.8. The van der Waals surface area contributed by atoms with Crippen LogP contribution in [0.3, 0.4) is 0 Å². The number of carbonyl (C=O) groups is 1. The molecule has 188 valence electrons. The van der Waals surface area contributed by atoms with E-state index in [1.165, 1.54) is 19.2 Å². The van der Waals surface area contributed by atoms with Gasteiger partial charge >= 0.3 is 0 Å². The minimum absolute atomic E-state index is 0.0981. The van der Waals surface area contributed by atoms with Gasteiger partial charge in [0.15, 0.2) is 17.2 Å². The van der Waals surface area contributed by atoms with Gasteiger partial charge in [-0.3, -0.25) is 14.9 Å². The van der Waals surface area contributed by atoms with Gasteiger partial charge in [-0.15, -0.1) is 0 Å². The number of H-pyrrole nitrogens is 2. The molecule has 0 unspecified atom stereocenters. The molecule has 3 N–H and O–H groups in total. The summed E-state index contributed by atoms with van der Waals surface area (Å²) in [7, 11) is 1.49. The maximum Gasteiger partial charge on any atom is 0.224 e. The number of pyridine rings is 3. The fourth-order valence-electron chi connectivity index (χ4n) is 4.21. The Balaban J connectivity index is 1.43. The Hall–Kier alpha value is -5.19. The van der Waals surface area contributed by atoms with Crippen LogP contribution >= 0.6 is 0 Å². The maximum atomic E-state index is 14.2. The zero-order chi connectivity index (χ0) is 26.2. The fourth-order valence-corrected chi connectivity index (χ4v) is 4.21. The molecule has 0 fully saturated rings. The standard InChI is InChI=1S/C27H21FN8O2/c1-3-22(37)31-17-9-15(12-29-13-17)20-4-5-21-24(32-20)25(36-35-21)27-33-23-19(6-7-30-26(23)34-27)14-8-16(28)11-18(10-14)38-2/h4-13H,3H2,1-2H3,(H,31,37)(H,35,36)(H,30,33,34). The van der Waals surface area contributed by atoms with Crippen molar-refractivity contribution in [3.8, 4) is 39.7 Å². The van der Waals surface area contributed by atoms with Gasteiger partial charge in [-0.05, 0) is 42.0 Å². The Morgan fingerprint density at radius 2 is 1.95 bits per heavy atom. The fraction of sp³-hybridized carbons (Fsp3) is 0.111. The van der Waals surface area contributed by atoms with Gasteiger partial charge in [-0.25, -0.2) is 19.3 Å². The molecule has 6 rings (SSSR count). The Morgan fingerprint density at radius 1 is 1.05 bits per heavy atom. The number of nitrogens with zero attached hydrogens (tertiary/aromatic N) is 5. The summed E-state index contributed by atoms with van der Waals surface area (Å²) in [5.41, 5.74) is 6.20. The zero-order valence-electron chi connectivity index (χ0n) is 20.4. The molecule has 11 heteroatoms. The van der Waals surface area contributed by atoms with Crippen molar-refractivity contribution in [1.29, 1.82) is 0 Å². The molecule has 0 radical (unpaired) electrons. The molecular weight excluding hydrogens is 487 g/mol. The van der Waals surface area contributed by atoms with Crippen LogP contribution in [0.25, 0.3) is 56.1 Å². The quantitative estimate of drug-likeness (QED) is 0.284. The normalized spacial score (nSPS) is 11.2. The van der Waals surface area contributed by atoms with Gasteiger partial charge in [0.25, 0.3) is 0 Å². The van der Waals surface area contributed by atoms with Crippen molar-refractivity contribution in [2.75, 3.05) is 12.4 Å². The Morgan fingerprint density at radius 3 is 2.79 bits per heavy atom. The van der Waals surface area contributed by atoms with Crippen molar-refractivity contribution in [3.63, 3.8) is 0 Å². The van der Waals surface area contributed by atoms with E-state index in [0.717, 1.165) is 11.1 Å². The van der Waals surface area contributed by atoms with Crippen molar-refractivity contribution >= 4 is 33.8 Å². The average molecular weight is 509 g/mol. The van der Waals surface area contributed by atoms with Crippen molar-refractivity contribution in [2.24, 2.45) is 0 Å². The summed E-state index contributed by atoms with van der Waals surface area (Å²) in [6.45, 7) is 1.79. The smallest absolute Gasteiger partial charge is 0.224 e. The highest BCUT2D eigenvalue weighted by molar-refractivity contribution is 5.95. The van der Waals surface area contributed by atoms with Crippen molar-refractivity contribution in [2.45, 2.75) is 13.3 Å². The van der Waals surface area contributed by atoms with Gasteiger partial charge in [0.05, 0.1) is 30.2 Å². The van der Waals surface area contributed by atoms with Crippen LogP contribution in [0, 0.1) is 5.82 Å². The maximum absolute atomic E-state index is 14.2. The number of benzene rings is 1. The molecule has 1 aromatic carbocycles. The predicted molar refractivity (Wildman–Crippen MR) is 141 cm³/mol. The minimum atomic E-state index is -0.414. The summed E-state index contributed by atoms with van der Waals surface area (Å²) >= 11 is 0. The van der Waals surface area contributed by atoms with Crippen LogP contribution in [0.4, 0.5) is 10.1 Å². The summed E-state index contributed by atoms with van der Waals surface area (Å²) in [6.07, 6.45) is 5.27. The van der Waals surface area contributed by atoms with E-state index in [1.807, 2.05) is 18.2 Å². The van der Waals surface area contributed by atoms with Gasteiger partial charge < -0.3 is 15.0 Å². The van der Waals surface area contributed by atoms with Gasteiger partial charge in [0.2, 0.25) is 5.91 Å². The summed E-state index contributed by atoms with van der Waals surface area (Å²) in [6, 6.07) is 11.8. The number of anilines is 1. The first kappa shape index (κ1) is 23.2. The largest absolute Gasteiger partial charge is 0.497 e. The van der Waals surface area contributed by atoms with E-state index in [9.17, 15) is 9.18 Å². The summed E-state index contributed by atoms with van der Waals surface area (Å²) in [5, 5.41) is 10.3. The van der Waals surface area contributed by atoms with Crippen LogP contribution in [-0.2, 0) is 4.79 Å². The van der Waals surface area contributed by atoms with Crippen LogP contribution in [0.5, 0.6) is 5.75 Å². The molecule has 10 nitrogen and oxygen atoms in total. The van der Waals surface area contributed by atoms with Crippen LogP contribution < -0.4 is 10.1 Å². The van der Waals surface area contributed by atoms with Crippen LogP contribution in [0.1, 0.15) is 13.3 Å². The molecule has 0 spiro atoms. The first-order valence-electron chi connectivity index (χ1n) is 11.8. The Kier molecular flexibility index (Phi) is 5.72. The lowest BCUT2D eigenvalue weighted by Gasteiger charge is -2.06. The van der Waals surface area contributed by atoms with Gasteiger partial charge in [-0.2, -0.15) is 5.10 Å². The number of hydrogen-bond acceptors (Lipinski definition) is 7. The lowest BCUT2D eigenvalue weighted by molar-refractivity contribution is -0.115. The molecule has 0 saturated heterocycles. The van der Waals surface area contributed by atoms with E-state index >= 15 is 0 Å². The SMILES string of the molecule is CCC(=O)Nc1cncc(-c2ccc3[nH]nc(-c4nc5c(-c6cc(F)cc(OC)c6)ccnc5[nH]4)c3n2)c1. The Labute approximate surface area is 215 Å². The molecule has 0 bridgehead atoms. The number of ether oxygens (including phenoxy) is 1. The number of nitrogens with one attached hydrogen (secondary N) is 3. The molecule has 0 atom stereocenters. The van der Waals surface area contributed by atoms with E-state index in [2.05, 4.69) is 30.5 Å². The third-order valence-corrected chi connectivity index (χ3v) is 6.07. The molecule has 0 aliphatic heterocycles. The highest BCUT2D eigenvalue weighted by Crippen LogP contribution is 2.33. The number of methoxy groups -OCH3 is 1. The number of imidazole rings is 1. The molecule has 6 aromatic rings. The molecule has 5 heterocycles. The highest BCUT2D eigenvalue weighted by atomic mass is 19.1. The second kappa shape index (κ2) is 9.36. The number of aromatic amines is 2. The third kappa shape index (κ3) is 4.19. The highest BCUT2D eigenvalue weighted by Gasteiger charge is 2.18. The Bertz CT molecular complexity index is 1830. The first-order chi connectivity index (χ1) is 18.5. The van der Waals surface area contributed by atoms with E-state index < -0.39 is 5.82 Å². The van der Waals surface area contributed by atoms with Crippen LogP contribution in [-0.4, -0.2) is 48.1 Å². The lowest BCUT2D eigenvalue weighted by Crippen LogP contribution is -2.09. The third-order valence-electron chi connectivity index (χ3n) is 6.07. The average Bonchev–Trinajstić information content (AvgIpc) is 3.56. The number of amides is 1. The molecule has 1 amide bonds. The lowest BCUT2D eigenvalue weighted by atomic mass is 10.1. The minimum Gasteiger partial charge on any atom is -0.497 e. The number of hydrogen-bond donors (Lipinski definition) is 3. The van der Waals surface area contributed by atoms with Gasteiger partial charge in [0, 0.05) is 36.0 Å². The summed E-state index contributed by atoms with van der Waals surface area (Å²) < 4.78 is 19.4. The second-order valence-electron chi connectivity index (χ2n) is 8.55.